The molecular formula is C10H16BrN3. The average Bonchev–Trinajstić information content (AvgIpc) is 2.86. The number of aromatic nitrogens is 2. The van der Waals surface area contributed by atoms with Crippen molar-refractivity contribution < 1.29 is 0 Å². The second-order valence-corrected chi connectivity index (χ2v) is 4.53. The molecule has 1 atom stereocenters. The van der Waals surface area contributed by atoms with Gasteiger partial charge in [-0.15, -0.1) is 0 Å². The normalized spacial score (nSPS) is 23.1. The highest BCUT2D eigenvalue weighted by atomic mass is 79.9. The van der Waals surface area contributed by atoms with Crippen molar-refractivity contribution in [1.29, 1.82) is 0 Å². The number of nitrogens with zero attached hydrogens (tertiary/aromatic N) is 3. The quantitative estimate of drug-likeness (QED) is 0.765. The number of halogens is 1. The molecule has 1 saturated heterocycles. The maximum atomic E-state index is 4.20. The van der Waals surface area contributed by atoms with Gasteiger partial charge in [-0.2, -0.15) is 5.10 Å². The zero-order valence-corrected chi connectivity index (χ0v) is 9.86. The van der Waals surface area contributed by atoms with Gasteiger partial charge in [0.15, 0.2) is 0 Å². The Bertz CT molecular complexity index is 260. The number of hydrogen-bond donors (Lipinski definition) is 0. The molecule has 0 amide bonds. The van der Waals surface area contributed by atoms with Crippen LogP contribution in [-0.4, -0.2) is 39.6 Å². The SMILES string of the molecule is BrCC1CCN(CCn2cccn2)C1. The molecule has 1 aliphatic heterocycles. The van der Waals surface area contributed by atoms with Crippen LogP contribution in [0.15, 0.2) is 18.5 Å². The first-order valence-electron chi connectivity index (χ1n) is 5.14. The smallest absolute Gasteiger partial charge is 0.0536 e. The van der Waals surface area contributed by atoms with Crippen LogP contribution in [0.5, 0.6) is 0 Å². The third-order valence-electron chi connectivity index (χ3n) is 2.79. The summed E-state index contributed by atoms with van der Waals surface area (Å²) in [6.07, 6.45) is 5.20. The van der Waals surface area contributed by atoms with Gasteiger partial charge in [0, 0.05) is 30.8 Å². The molecule has 1 unspecified atom stereocenters. The van der Waals surface area contributed by atoms with E-state index in [1.54, 1.807) is 0 Å². The van der Waals surface area contributed by atoms with Gasteiger partial charge in [-0.05, 0) is 24.9 Å². The Morgan fingerprint density at radius 2 is 2.36 bits per heavy atom. The Labute approximate surface area is 93.2 Å². The molecule has 2 heterocycles. The summed E-state index contributed by atoms with van der Waals surface area (Å²) < 4.78 is 2.00. The molecule has 1 aromatic heterocycles. The number of likely N-dealkylation sites (tertiary alicyclic amines) is 1. The fourth-order valence-electron chi connectivity index (χ4n) is 1.92. The summed E-state index contributed by atoms with van der Waals surface area (Å²) >= 11 is 3.55. The maximum Gasteiger partial charge on any atom is 0.0536 e. The van der Waals surface area contributed by atoms with E-state index in [1.807, 2.05) is 23.1 Å². The highest BCUT2D eigenvalue weighted by Crippen LogP contribution is 2.17. The van der Waals surface area contributed by atoms with Crippen LogP contribution in [0.2, 0.25) is 0 Å². The molecule has 0 radical (unpaired) electrons. The molecule has 1 aliphatic rings. The molecule has 14 heavy (non-hydrogen) atoms. The monoisotopic (exact) mass is 257 g/mol. The van der Waals surface area contributed by atoms with Gasteiger partial charge in [-0.3, -0.25) is 4.68 Å². The summed E-state index contributed by atoms with van der Waals surface area (Å²) in [4.78, 5) is 2.52. The Balaban J connectivity index is 1.72. The van der Waals surface area contributed by atoms with E-state index in [0.29, 0.717) is 0 Å². The number of rotatable bonds is 4. The molecule has 78 valence electrons. The third-order valence-corrected chi connectivity index (χ3v) is 3.71. The largest absolute Gasteiger partial charge is 0.301 e. The van der Waals surface area contributed by atoms with Crippen molar-refractivity contribution in [2.45, 2.75) is 13.0 Å². The van der Waals surface area contributed by atoms with Gasteiger partial charge in [0.2, 0.25) is 0 Å². The van der Waals surface area contributed by atoms with E-state index in [0.717, 1.165) is 24.3 Å². The van der Waals surface area contributed by atoms with Crippen molar-refractivity contribution >= 4 is 15.9 Å². The lowest BCUT2D eigenvalue weighted by molar-refractivity contribution is 0.307. The van der Waals surface area contributed by atoms with Crippen molar-refractivity contribution in [2.75, 3.05) is 25.0 Å². The predicted octanol–water partition coefficient (Wildman–Crippen LogP) is 1.60. The minimum atomic E-state index is 0.854. The highest BCUT2D eigenvalue weighted by molar-refractivity contribution is 9.09. The minimum Gasteiger partial charge on any atom is -0.301 e. The van der Waals surface area contributed by atoms with E-state index in [4.69, 9.17) is 0 Å². The summed E-state index contributed by atoms with van der Waals surface area (Å²) in [6.45, 7) is 4.64. The Morgan fingerprint density at radius 3 is 3.00 bits per heavy atom. The number of hydrogen-bond acceptors (Lipinski definition) is 2. The van der Waals surface area contributed by atoms with Gasteiger partial charge in [0.1, 0.15) is 0 Å². The second kappa shape index (κ2) is 4.94. The van der Waals surface area contributed by atoms with E-state index in [1.165, 1.54) is 19.5 Å². The molecule has 0 N–H and O–H groups in total. The molecule has 2 rings (SSSR count). The Morgan fingerprint density at radius 1 is 1.43 bits per heavy atom. The van der Waals surface area contributed by atoms with Crippen LogP contribution in [-0.2, 0) is 6.54 Å². The van der Waals surface area contributed by atoms with E-state index in [9.17, 15) is 0 Å². The maximum absolute atomic E-state index is 4.20. The highest BCUT2D eigenvalue weighted by Gasteiger charge is 2.20. The fourth-order valence-corrected chi connectivity index (χ4v) is 2.45. The summed E-state index contributed by atoms with van der Waals surface area (Å²) in [5.41, 5.74) is 0. The summed E-state index contributed by atoms with van der Waals surface area (Å²) in [5.74, 6) is 0.854. The van der Waals surface area contributed by atoms with Crippen molar-refractivity contribution in [1.82, 2.24) is 14.7 Å². The predicted molar refractivity (Wildman–Crippen MR) is 60.6 cm³/mol. The van der Waals surface area contributed by atoms with E-state index in [-0.39, 0.29) is 0 Å². The molecule has 3 nitrogen and oxygen atoms in total. The third kappa shape index (κ3) is 2.58. The minimum absolute atomic E-state index is 0.854. The molecule has 0 aliphatic carbocycles. The Hall–Kier alpha value is -0.350. The first-order chi connectivity index (χ1) is 6.88. The first-order valence-corrected chi connectivity index (χ1v) is 6.26. The first kappa shape index (κ1) is 10.2. The molecule has 4 heteroatoms. The van der Waals surface area contributed by atoms with Gasteiger partial charge >= 0.3 is 0 Å². The summed E-state index contributed by atoms with van der Waals surface area (Å²) in [6, 6.07) is 1.98. The molecule has 1 aromatic rings. The van der Waals surface area contributed by atoms with E-state index >= 15 is 0 Å². The Kier molecular flexibility index (Phi) is 3.59. The molecular weight excluding hydrogens is 242 g/mol. The van der Waals surface area contributed by atoms with Crippen LogP contribution < -0.4 is 0 Å². The van der Waals surface area contributed by atoms with Crippen LogP contribution >= 0.6 is 15.9 Å². The van der Waals surface area contributed by atoms with Crippen molar-refractivity contribution in [2.24, 2.45) is 5.92 Å². The van der Waals surface area contributed by atoms with Crippen LogP contribution in [0.1, 0.15) is 6.42 Å². The lowest BCUT2D eigenvalue weighted by Crippen LogP contribution is -2.25. The van der Waals surface area contributed by atoms with Gasteiger partial charge in [-0.25, -0.2) is 0 Å². The molecule has 0 spiro atoms. The second-order valence-electron chi connectivity index (χ2n) is 3.88. The van der Waals surface area contributed by atoms with Crippen LogP contribution in [0, 0.1) is 5.92 Å². The topological polar surface area (TPSA) is 21.1 Å². The lowest BCUT2D eigenvalue weighted by atomic mass is 10.2. The van der Waals surface area contributed by atoms with E-state index in [2.05, 4.69) is 25.9 Å². The van der Waals surface area contributed by atoms with Gasteiger partial charge in [0.25, 0.3) is 0 Å². The fraction of sp³-hybridized carbons (Fsp3) is 0.700. The van der Waals surface area contributed by atoms with Gasteiger partial charge in [0.05, 0.1) is 6.54 Å². The zero-order valence-electron chi connectivity index (χ0n) is 8.27. The van der Waals surface area contributed by atoms with Crippen molar-refractivity contribution in [3.05, 3.63) is 18.5 Å². The van der Waals surface area contributed by atoms with Gasteiger partial charge in [-0.1, -0.05) is 15.9 Å². The molecule has 0 saturated carbocycles. The molecule has 0 bridgehead atoms. The van der Waals surface area contributed by atoms with Crippen LogP contribution in [0.4, 0.5) is 0 Å². The summed E-state index contributed by atoms with van der Waals surface area (Å²) in [5, 5.41) is 5.34. The van der Waals surface area contributed by atoms with Gasteiger partial charge < -0.3 is 4.90 Å². The van der Waals surface area contributed by atoms with E-state index < -0.39 is 0 Å². The van der Waals surface area contributed by atoms with Crippen LogP contribution in [0.3, 0.4) is 0 Å². The van der Waals surface area contributed by atoms with Crippen molar-refractivity contribution in [3.63, 3.8) is 0 Å². The zero-order chi connectivity index (χ0) is 9.80. The molecule has 0 aromatic carbocycles. The lowest BCUT2D eigenvalue weighted by Gasteiger charge is -2.15. The molecule has 1 fully saturated rings. The standard InChI is InChI=1S/C10H16BrN3/c11-8-10-2-5-13(9-10)6-7-14-4-1-3-12-14/h1,3-4,10H,2,5-9H2. The average molecular weight is 258 g/mol. The summed E-state index contributed by atoms with van der Waals surface area (Å²) in [7, 11) is 0. The van der Waals surface area contributed by atoms with Crippen LogP contribution in [0.25, 0.3) is 0 Å². The number of alkyl halides is 1. The van der Waals surface area contributed by atoms with Crippen molar-refractivity contribution in [3.8, 4) is 0 Å².